The number of hydrogen-bond donors (Lipinski definition) is 1. The maximum Gasteiger partial charge on any atom is 0.419 e. The number of carbonyl (C=O) groups is 3. The van der Waals surface area contributed by atoms with Gasteiger partial charge in [-0.3, -0.25) is 4.99 Å². The molecule has 0 radical (unpaired) electrons. The van der Waals surface area contributed by atoms with Gasteiger partial charge in [-0.2, -0.15) is 26.3 Å². The summed E-state index contributed by atoms with van der Waals surface area (Å²) in [5.74, 6) is -0.568. The lowest BCUT2D eigenvalue weighted by molar-refractivity contribution is -0.139. The molecule has 0 bridgehead atoms. The smallest absolute Gasteiger partial charge is 0.419 e. The number of nitrogen functional groups attached to an aromatic ring is 1. The molecule has 2 N–H and O–H groups in total. The van der Waals surface area contributed by atoms with Crippen LogP contribution >= 0.6 is 31.9 Å². The number of halogens is 8. The Hall–Kier alpha value is -2.94. The normalized spacial score (nSPS) is 11.7. The first-order valence-electron chi connectivity index (χ1n) is 9.58. The molecule has 0 heterocycles. The number of methoxy groups -OCH3 is 2. The van der Waals surface area contributed by atoms with Crippen molar-refractivity contribution in [3.63, 3.8) is 0 Å². The van der Waals surface area contributed by atoms with Gasteiger partial charge in [-0.05, 0) is 24.3 Å². The Labute approximate surface area is 231 Å². The highest BCUT2D eigenvalue weighted by Crippen LogP contribution is 2.38. The molecule has 2 rings (SSSR count). The maximum absolute atomic E-state index is 12.6. The van der Waals surface area contributed by atoms with E-state index in [0.717, 1.165) is 31.4 Å². The van der Waals surface area contributed by atoms with Gasteiger partial charge in [-0.25, -0.2) is 0 Å². The molecule has 15 heteroatoms. The zero-order valence-electron chi connectivity index (χ0n) is 19.0. The summed E-state index contributed by atoms with van der Waals surface area (Å²) in [7, 11) is 2.32. The Morgan fingerprint density at radius 1 is 0.789 bits per heavy atom. The number of rotatable bonds is 7. The molecule has 7 nitrogen and oxygen atoms in total. The number of aliphatic imine (C=N–C) groups is 1. The third-order valence-corrected chi connectivity index (χ3v) is 4.66. The predicted octanol–water partition coefficient (Wildman–Crippen LogP) is 6.46. The molecule has 1 unspecified atom stereocenters. The van der Waals surface area contributed by atoms with Crippen molar-refractivity contribution < 1.29 is 50.2 Å². The molecule has 38 heavy (non-hydrogen) atoms. The Morgan fingerprint density at radius 3 is 1.58 bits per heavy atom. The van der Waals surface area contributed by atoms with E-state index in [-0.39, 0.29) is 30.3 Å². The second kappa shape index (κ2) is 17.5. The van der Waals surface area contributed by atoms with Gasteiger partial charge in [0.05, 0.1) is 31.0 Å². The predicted molar refractivity (Wildman–Crippen MR) is 139 cm³/mol. The highest BCUT2D eigenvalue weighted by molar-refractivity contribution is 9.10. The van der Waals surface area contributed by atoms with Gasteiger partial charge < -0.3 is 29.6 Å². The molecule has 1 atom stereocenters. The fourth-order valence-corrected chi connectivity index (χ4v) is 2.28. The van der Waals surface area contributed by atoms with Crippen molar-refractivity contribution in [2.45, 2.75) is 29.4 Å². The zero-order valence-corrected chi connectivity index (χ0v) is 22.2. The van der Waals surface area contributed by atoms with Crippen molar-refractivity contribution in [2.75, 3.05) is 20.0 Å². The van der Waals surface area contributed by atoms with Crippen molar-refractivity contribution in [3.05, 3.63) is 47.5 Å². The van der Waals surface area contributed by atoms with Gasteiger partial charge in [0.2, 0.25) is 0 Å². The van der Waals surface area contributed by atoms with E-state index in [4.69, 9.17) is 5.73 Å². The fraction of sp³-hybridized carbons (Fsp3) is 0.304. The van der Waals surface area contributed by atoms with Crippen molar-refractivity contribution in [1.82, 2.24) is 0 Å². The van der Waals surface area contributed by atoms with E-state index in [1.54, 1.807) is 0 Å². The van der Waals surface area contributed by atoms with Gasteiger partial charge in [-0.1, -0.05) is 39.3 Å². The summed E-state index contributed by atoms with van der Waals surface area (Å²) in [6, 6.07) is 6.47. The molecule has 0 spiro atoms. The molecular weight excluding hydrogens is 658 g/mol. The average molecular weight is 682 g/mol. The highest BCUT2D eigenvalue weighted by atomic mass is 79.9. The number of nitrogens with zero attached hydrogens (tertiary/aromatic N) is 1. The van der Waals surface area contributed by atoms with Crippen molar-refractivity contribution in [3.8, 4) is 11.5 Å². The standard InChI is InChI=1S/C11H9BrF3NO2.C8H8F3NO.C3H3BrO2.CH4/c1-18-10-4-8(16-5-7(12)6-17)2-3-9(10)11(13,14)15;1-13-7-4-5(12)2-3-6(7)8(9,10)11;4-3(1-5)2-6;/h2-7H,1H3;2-4H,12H2,1H3;1-3H;1H4. The van der Waals surface area contributed by atoms with E-state index in [1.165, 1.54) is 25.5 Å². The second-order valence-corrected chi connectivity index (χ2v) is 8.53. The van der Waals surface area contributed by atoms with Gasteiger partial charge in [0.15, 0.2) is 0 Å². The van der Waals surface area contributed by atoms with Crippen LogP contribution in [0.2, 0.25) is 0 Å². The average Bonchev–Trinajstić information content (AvgIpc) is 2.85. The summed E-state index contributed by atoms with van der Waals surface area (Å²) in [4.78, 5) is 31.9. The molecular formula is C23H24Br2F6N2O5. The molecule has 0 fully saturated rings. The molecule has 2 aromatic rings. The molecule has 0 saturated carbocycles. The molecule has 2 aromatic carbocycles. The van der Waals surface area contributed by atoms with Gasteiger partial charge in [0, 0.05) is 24.0 Å². The Morgan fingerprint density at radius 2 is 1.21 bits per heavy atom. The van der Waals surface area contributed by atoms with Crippen molar-refractivity contribution in [2.24, 2.45) is 4.99 Å². The lowest BCUT2D eigenvalue weighted by atomic mass is 10.1. The Balaban J connectivity index is 0. The molecule has 212 valence electrons. The van der Waals surface area contributed by atoms with Gasteiger partial charge in [0.25, 0.3) is 0 Å². The number of carbonyl (C=O) groups excluding carboxylic acids is 3. The SMILES string of the molecule is C.COc1cc(N)ccc1C(F)(F)F.COc1cc(N=CC(Br)C=O)ccc1C(F)(F)F.O=CC(Br)C=O. The van der Waals surface area contributed by atoms with Crippen LogP contribution < -0.4 is 15.2 Å². The molecule has 0 aliphatic carbocycles. The number of hydrogen-bond acceptors (Lipinski definition) is 7. The molecule has 0 aliphatic heterocycles. The fourth-order valence-electron chi connectivity index (χ4n) is 2.16. The van der Waals surface area contributed by atoms with Crippen LogP contribution in [0.15, 0.2) is 41.4 Å². The summed E-state index contributed by atoms with van der Waals surface area (Å²) >= 11 is 5.73. The van der Waals surface area contributed by atoms with E-state index >= 15 is 0 Å². The lowest BCUT2D eigenvalue weighted by Gasteiger charge is -2.11. The van der Waals surface area contributed by atoms with Gasteiger partial charge in [-0.15, -0.1) is 0 Å². The monoisotopic (exact) mass is 680 g/mol. The summed E-state index contributed by atoms with van der Waals surface area (Å²) in [6.45, 7) is 0. The lowest BCUT2D eigenvalue weighted by Crippen LogP contribution is -2.07. The highest BCUT2D eigenvalue weighted by Gasteiger charge is 2.35. The number of alkyl halides is 8. The van der Waals surface area contributed by atoms with Crippen molar-refractivity contribution in [1.29, 1.82) is 0 Å². The van der Waals surface area contributed by atoms with Crippen LogP contribution in [-0.4, -0.2) is 48.9 Å². The number of nitrogens with two attached hydrogens (primary N) is 1. The first-order valence-corrected chi connectivity index (χ1v) is 11.4. The van der Waals surface area contributed by atoms with E-state index in [2.05, 4.69) is 46.3 Å². The largest absolute Gasteiger partial charge is 0.496 e. The maximum atomic E-state index is 12.6. The third kappa shape index (κ3) is 13.6. The second-order valence-electron chi connectivity index (χ2n) is 6.42. The van der Waals surface area contributed by atoms with Crippen LogP contribution in [0.4, 0.5) is 37.7 Å². The number of anilines is 1. The molecule has 0 saturated heterocycles. The van der Waals surface area contributed by atoms with E-state index in [9.17, 15) is 40.7 Å². The van der Waals surface area contributed by atoms with E-state index in [0.29, 0.717) is 18.9 Å². The number of aldehydes is 3. The zero-order chi connectivity index (χ0) is 28.8. The van der Waals surface area contributed by atoms with Crippen molar-refractivity contribution >= 4 is 68.3 Å². The molecule has 0 aromatic heterocycles. The first kappa shape index (κ1) is 37.2. The Bertz CT molecular complexity index is 1060. The van der Waals surface area contributed by atoms with Crippen LogP contribution in [-0.2, 0) is 26.7 Å². The van der Waals surface area contributed by atoms with E-state index in [1.807, 2.05) is 0 Å². The van der Waals surface area contributed by atoms with Gasteiger partial charge >= 0.3 is 12.4 Å². The minimum atomic E-state index is -4.48. The summed E-state index contributed by atoms with van der Waals surface area (Å²) < 4.78 is 83.7. The van der Waals surface area contributed by atoms with Crippen LogP contribution in [0, 0.1) is 0 Å². The Kier molecular flexibility index (Phi) is 17.2. The molecule has 0 aliphatic rings. The quantitative estimate of drug-likeness (QED) is 0.0898. The van der Waals surface area contributed by atoms with Crippen LogP contribution in [0.5, 0.6) is 11.5 Å². The van der Waals surface area contributed by atoms with Crippen LogP contribution in [0.1, 0.15) is 18.6 Å². The summed E-state index contributed by atoms with van der Waals surface area (Å²) in [6.07, 6.45) is -5.97. The first-order chi connectivity index (χ1) is 17.1. The summed E-state index contributed by atoms with van der Waals surface area (Å²) in [5, 5.41) is 0. The topological polar surface area (TPSA) is 108 Å². The van der Waals surface area contributed by atoms with Crippen LogP contribution in [0.3, 0.4) is 0 Å². The molecule has 0 amide bonds. The number of ether oxygens (including phenoxy) is 2. The van der Waals surface area contributed by atoms with E-state index < -0.39 is 33.1 Å². The minimum absolute atomic E-state index is 0. The number of benzene rings is 2. The third-order valence-electron chi connectivity index (χ3n) is 3.78. The van der Waals surface area contributed by atoms with Crippen LogP contribution in [0.25, 0.3) is 0 Å². The minimum Gasteiger partial charge on any atom is -0.496 e. The summed E-state index contributed by atoms with van der Waals surface area (Å²) in [5.41, 5.74) is 4.13. The van der Waals surface area contributed by atoms with Gasteiger partial charge in [0.1, 0.15) is 40.0 Å².